The first-order valence-electron chi connectivity index (χ1n) is 8.14. The zero-order valence-electron chi connectivity index (χ0n) is 14.0. The van der Waals surface area contributed by atoms with Crippen LogP contribution in [-0.2, 0) is 0 Å². The Labute approximate surface area is 155 Å². The number of aryl methyl sites for hydroxylation is 1. The Bertz CT molecular complexity index is 1100. The molecule has 0 radical (unpaired) electrons. The SMILES string of the molecule is Cc1ccc2cc(-c3cccnc3)nc(Nc3ccc(F)c(Cl)c3)c2c1. The van der Waals surface area contributed by atoms with Crippen LogP contribution in [-0.4, -0.2) is 9.97 Å². The normalized spacial score (nSPS) is 10.9. The lowest BCUT2D eigenvalue weighted by molar-refractivity contribution is 0.628. The first kappa shape index (κ1) is 16.5. The van der Waals surface area contributed by atoms with Crippen LogP contribution in [0.15, 0.2) is 67.0 Å². The van der Waals surface area contributed by atoms with Gasteiger partial charge in [0.05, 0.1) is 10.7 Å². The van der Waals surface area contributed by atoms with Crippen molar-refractivity contribution in [3.8, 4) is 11.3 Å². The minimum absolute atomic E-state index is 0.0684. The molecular formula is C21H15ClFN3. The van der Waals surface area contributed by atoms with Crippen LogP contribution in [0.25, 0.3) is 22.0 Å². The van der Waals surface area contributed by atoms with Gasteiger partial charge < -0.3 is 5.32 Å². The predicted octanol–water partition coefficient (Wildman–Crippen LogP) is 6.14. The third-order valence-corrected chi connectivity index (χ3v) is 4.42. The Hall–Kier alpha value is -2.98. The highest BCUT2D eigenvalue weighted by molar-refractivity contribution is 6.31. The summed E-state index contributed by atoms with van der Waals surface area (Å²) in [6.45, 7) is 2.03. The van der Waals surface area contributed by atoms with Crippen LogP contribution < -0.4 is 5.32 Å². The number of nitrogens with zero attached hydrogens (tertiary/aromatic N) is 2. The number of rotatable bonds is 3. The van der Waals surface area contributed by atoms with Gasteiger partial charge in [0, 0.05) is 29.0 Å². The van der Waals surface area contributed by atoms with Crippen molar-refractivity contribution in [1.82, 2.24) is 9.97 Å². The summed E-state index contributed by atoms with van der Waals surface area (Å²) >= 11 is 5.91. The van der Waals surface area contributed by atoms with Gasteiger partial charge in [-0.3, -0.25) is 4.98 Å². The Balaban J connectivity index is 1.87. The van der Waals surface area contributed by atoms with Gasteiger partial charge in [-0.25, -0.2) is 9.37 Å². The molecule has 0 spiro atoms. The molecular weight excluding hydrogens is 349 g/mol. The van der Waals surface area contributed by atoms with Crippen molar-refractivity contribution in [2.75, 3.05) is 5.32 Å². The molecule has 0 aliphatic carbocycles. The van der Waals surface area contributed by atoms with E-state index in [1.165, 1.54) is 6.07 Å². The van der Waals surface area contributed by atoms with Gasteiger partial charge in [-0.2, -0.15) is 0 Å². The first-order valence-corrected chi connectivity index (χ1v) is 8.52. The molecule has 0 unspecified atom stereocenters. The average molecular weight is 364 g/mol. The summed E-state index contributed by atoms with van der Waals surface area (Å²) in [5, 5.41) is 5.38. The molecule has 0 aliphatic heterocycles. The van der Waals surface area contributed by atoms with E-state index < -0.39 is 5.82 Å². The molecule has 0 fully saturated rings. The predicted molar refractivity (Wildman–Crippen MR) is 104 cm³/mol. The fourth-order valence-electron chi connectivity index (χ4n) is 2.83. The molecule has 2 aromatic carbocycles. The van der Waals surface area contributed by atoms with Gasteiger partial charge in [0.2, 0.25) is 0 Å². The lowest BCUT2D eigenvalue weighted by atomic mass is 10.1. The summed E-state index contributed by atoms with van der Waals surface area (Å²) in [4.78, 5) is 8.94. The Morgan fingerprint density at radius 3 is 2.69 bits per heavy atom. The molecule has 0 atom stereocenters. The number of pyridine rings is 2. The van der Waals surface area contributed by atoms with Gasteiger partial charge in [0.1, 0.15) is 11.6 Å². The molecule has 0 aliphatic rings. The van der Waals surface area contributed by atoms with Gasteiger partial charge in [0.15, 0.2) is 0 Å². The van der Waals surface area contributed by atoms with E-state index in [-0.39, 0.29) is 5.02 Å². The van der Waals surface area contributed by atoms with Gasteiger partial charge in [-0.15, -0.1) is 0 Å². The zero-order valence-corrected chi connectivity index (χ0v) is 14.8. The molecule has 5 heteroatoms. The van der Waals surface area contributed by atoms with Crippen LogP contribution in [0.1, 0.15) is 5.56 Å². The van der Waals surface area contributed by atoms with Gasteiger partial charge >= 0.3 is 0 Å². The molecule has 1 N–H and O–H groups in total. The second kappa shape index (κ2) is 6.73. The maximum atomic E-state index is 13.4. The zero-order chi connectivity index (χ0) is 18.1. The number of benzene rings is 2. The molecule has 128 valence electrons. The van der Waals surface area contributed by atoms with Crippen molar-refractivity contribution >= 4 is 33.9 Å². The van der Waals surface area contributed by atoms with Crippen molar-refractivity contribution in [2.45, 2.75) is 6.92 Å². The van der Waals surface area contributed by atoms with E-state index in [2.05, 4.69) is 28.5 Å². The largest absolute Gasteiger partial charge is 0.340 e. The molecule has 0 saturated carbocycles. The quantitative estimate of drug-likeness (QED) is 0.475. The molecule has 0 bridgehead atoms. The smallest absolute Gasteiger partial charge is 0.141 e. The molecule has 2 aromatic heterocycles. The van der Waals surface area contributed by atoms with Crippen LogP contribution in [0.4, 0.5) is 15.9 Å². The van der Waals surface area contributed by atoms with Crippen molar-refractivity contribution < 1.29 is 4.39 Å². The number of hydrogen-bond acceptors (Lipinski definition) is 3. The minimum Gasteiger partial charge on any atom is -0.340 e. The first-order chi connectivity index (χ1) is 12.6. The summed E-state index contributed by atoms with van der Waals surface area (Å²) in [6.07, 6.45) is 3.51. The van der Waals surface area contributed by atoms with Gasteiger partial charge in [-0.1, -0.05) is 29.3 Å². The highest BCUT2D eigenvalue weighted by Gasteiger charge is 2.10. The fourth-order valence-corrected chi connectivity index (χ4v) is 3.01. The molecule has 26 heavy (non-hydrogen) atoms. The van der Waals surface area contributed by atoms with E-state index in [4.69, 9.17) is 16.6 Å². The number of nitrogens with one attached hydrogen (secondary N) is 1. The minimum atomic E-state index is -0.449. The number of hydrogen-bond donors (Lipinski definition) is 1. The lowest BCUT2D eigenvalue weighted by Crippen LogP contribution is -1.98. The summed E-state index contributed by atoms with van der Waals surface area (Å²) < 4.78 is 13.4. The van der Waals surface area contributed by atoms with Crippen molar-refractivity contribution in [3.63, 3.8) is 0 Å². The monoisotopic (exact) mass is 363 g/mol. The van der Waals surface area contributed by atoms with E-state index in [1.54, 1.807) is 24.5 Å². The molecule has 0 saturated heterocycles. The van der Waals surface area contributed by atoms with Gasteiger partial charge in [0.25, 0.3) is 0 Å². The number of halogens is 2. The Kier molecular flexibility index (Phi) is 4.27. The summed E-state index contributed by atoms with van der Waals surface area (Å²) in [5.41, 5.74) is 3.55. The average Bonchev–Trinajstić information content (AvgIpc) is 2.65. The van der Waals surface area contributed by atoms with Crippen LogP contribution in [0, 0.1) is 12.7 Å². The van der Waals surface area contributed by atoms with E-state index in [9.17, 15) is 4.39 Å². The highest BCUT2D eigenvalue weighted by atomic mass is 35.5. The van der Waals surface area contributed by atoms with E-state index in [0.717, 1.165) is 27.6 Å². The summed E-state index contributed by atoms with van der Waals surface area (Å²) in [5.74, 6) is 0.239. The molecule has 4 aromatic rings. The van der Waals surface area contributed by atoms with Gasteiger partial charge in [-0.05, 0) is 54.8 Å². The second-order valence-corrected chi connectivity index (χ2v) is 6.48. The third-order valence-electron chi connectivity index (χ3n) is 4.13. The van der Waals surface area contributed by atoms with E-state index >= 15 is 0 Å². The van der Waals surface area contributed by atoms with Crippen LogP contribution in [0.5, 0.6) is 0 Å². The lowest BCUT2D eigenvalue weighted by Gasteiger charge is -2.13. The molecule has 3 nitrogen and oxygen atoms in total. The maximum absolute atomic E-state index is 13.4. The summed E-state index contributed by atoms with van der Waals surface area (Å²) in [6, 6.07) is 16.6. The number of fused-ring (bicyclic) bond motifs is 1. The maximum Gasteiger partial charge on any atom is 0.141 e. The molecule has 2 heterocycles. The van der Waals surface area contributed by atoms with Crippen LogP contribution in [0.2, 0.25) is 5.02 Å². The number of aromatic nitrogens is 2. The van der Waals surface area contributed by atoms with Crippen LogP contribution in [0.3, 0.4) is 0 Å². The third kappa shape index (κ3) is 3.24. The molecule has 0 amide bonds. The number of anilines is 2. The standard InChI is InChI=1S/C21H15ClFN3/c1-13-4-5-14-10-20(15-3-2-8-24-12-15)26-21(17(14)9-13)25-16-6-7-19(23)18(22)11-16/h2-12H,1H3,(H,25,26). The van der Waals surface area contributed by atoms with E-state index in [0.29, 0.717) is 11.5 Å². The van der Waals surface area contributed by atoms with Crippen molar-refractivity contribution in [2.24, 2.45) is 0 Å². The Morgan fingerprint density at radius 2 is 1.92 bits per heavy atom. The fraction of sp³-hybridized carbons (Fsp3) is 0.0476. The van der Waals surface area contributed by atoms with Crippen LogP contribution >= 0.6 is 11.6 Å². The van der Waals surface area contributed by atoms with Crippen molar-refractivity contribution in [1.29, 1.82) is 0 Å². The molecule has 4 rings (SSSR count). The second-order valence-electron chi connectivity index (χ2n) is 6.08. The van der Waals surface area contributed by atoms with Crippen molar-refractivity contribution in [3.05, 3.63) is 83.4 Å². The van der Waals surface area contributed by atoms with E-state index in [1.807, 2.05) is 25.1 Å². The summed E-state index contributed by atoms with van der Waals surface area (Å²) in [7, 11) is 0. The topological polar surface area (TPSA) is 37.8 Å². The Morgan fingerprint density at radius 1 is 1.04 bits per heavy atom. The highest BCUT2D eigenvalue weighted by Crippen LogP contribution is 2.31.